The molecular formula is C25H22FN5O3S. The smallest absolute Gasteiger partial charge is 0.230 e. The second-order valence-corrected chi connectivity index (χ2v) is 7.93. The van der Waals surface area contributed by atoms with E-state index in [0.717, 1.165) is 11.0 Å². The zero-order valence-electron chi connectivity index (χ0n) is 19.2. The van der Waals surface area contributed by atoms with Crippen LogP contribution in [0.1, 0.15) is 6.92 Å². The van der Waals surface area contributed by atoms with Crippen LogP contribution in [0, 0.1) is 5.82 Å². The van der Waals surface area contributed by atoms with Crippen molar-refractivity contribution in [3.63, 3.8) is 0 Å². The molecule has 0 atom stereocenters. The van der Waals surface area contributed by atoms with Crippen molar-refractivity contribution in [3.8, 4) is 22.6 Å². The molecule has 0 radical (unpaired) electrons. The maximum atomic E-state index is 14.7. The van der Waals surface area contributed by atoms with Crippen LogP contribution in [0.3, 0.4) is 0 Å². The van der Waals surface area contributed by atoms with E-state index in [2.05, 4.69) is 39.6 Å². The Balaban J connectivity index is 0.000000411. The first kappa shape index (κ1) is 23.8. The van der Waals surface area contributed by atoms with Crippen molar-refractivity contribution in [1.82, 2.24) is 9.97 Å². The van der Waals surface area contributed by atoms with Gasteiger partial charge in [-0.1, -0.05) is 18.2 Å². The number of nitrogens with two attached hydrogens (primary N) is 1. The molecule has 1 amide bonds. The minimum absolute atomic E-state index is 0.148. The van der Waals surface area contributed by atoms with E-state index in [1.165, 1.54) is 50.7 Å². The third-order valence-electron chi connectivity index (χ3n) is 5.25. The topological polar surface area (TPSA) is 103 Å². The summed E-state index contributed by atoms with van der Waals surface area (Å²) in [7, 11) is 3.04. The number of aromatic nitrogens is 2. The van der Waals surface area contributed by atoms with Crippen LogP contribution in [0.5, 0.6) is 11.5 Å². The second kappa shape index (κ2) is 9.90. The molecule has 35 heavy (non-hydrogen) atoms. The van der Waals surface area contributed by atoms with E-state index in [9.17, 15) is 9.18 Å². The molecule has 3 N–H and O–H groups in total. The summed E-state index contributed by atoms with van der Waals surface area (Å²) in [6, 6.07) is 16.0. The molecule has 2 aromatic carbocycles. The van der Waals surface area contributed by atoms with Crippen molar-refractivity contribution in [3.05, 3.63) is 66.7 Å². The molecule has 3 aromatic rings. The van der Waals surface area contributed by atoms with Gasteiger partial charge in [-0.05, 0) is 47.6 Å². The van der Waals surface area contributed by atoms with Gasteiger partial charge in [0, 0.05) is 24.4 Å². The van der Waals surface area contributed by atoms with Gasteiger partial charge in [0.05, 0.1) is 31.1 Å². The molecule has 2 aliphatic carbocycles. The summed E-state index contributed by atoms with van der Waals surface area (Å²) in [6.45, 7) is 1.29. The molecule has 10 heteroatoms. The second-order valence-electron chi connectivity index (χ2n) is 7.51. The number of amides is 1. The van der Waals surface area contributed by atoms with Crippen molar-refractivity contribution in [2.75, 3.05) is 24.4 Å². The summed E-state index contributed by atoms with van der Waals surface area (Å²) < 4.78 is 25.3. The number of ether oxygens (including phenoxy) is 2. The number of rotatable bonds is 5. The molecule has 0 saturated carbocycles. The van der Waals surface area contributed by atoms with Gasteiger partial charge < -0.3 is 20.5 Å². The summed E-state index contributed by atoms with van der Waals surface area (Å²) in [5, 5.41) is 3.39. The highest BCUT2D eigenvalue weighted by molar-refractivity contribution is 7.80. The number of halogens is 1. The van der Waals surface area contributed by atoms with Crippen LogP contribution < -0.4 is 25.4 Å². The number of anilines is 3. The predicted molar refractivity (Wildman–Crippen MR) is 138 cm³/mol. The average Bonchev–Trinajstić information content (AvgIpc) is 3.44. The normalized spacial score (nSPS) is 10.6. The fourth-order valence-electron chi connectivity index (χ4n) is 3.49. The van der Waals surface area contributed by atoms with Gasteiger partial charge in [0.1, 0.15) is 18.0 Å². The Morgan fingerprint density at radius 3 is 2.23 bits per heavy atom. The van der Waals surface area contributed by atoms with Gasteiger partial charge in [0.15, 0.2) is 16.6 Å². The molecule has 1 aromatic heterocycles. The molecule has 0 aliphatic heterocycles. The quantitative estimate of drug-likeness (QED) is 0.338. The fraction of sp³-hybridized carbons (Fsp3) is 0.120. The number of hydrogen-bond acceptors (Lipinski definition) is 7. The standard InChI is InChI=1S/C19H18FN5O3S.C6H4/c1-10(26)25(19(21)29)11-4-5-14(13(20)6-11)24-18-12-7-16(27-2)17(28-3)8-15(12)22-9-23-18;1-2-5-4-6(5)3-1/h4-9H,1-3H3,(H2,21,29)(H,22,23,24);1-4H. The minimum atomic E-state index is -0.614. The number of fused-ring (bicyclic) bond motifs is 2. The van der Waals surface area contributed by atoms with Gasteiger partial charge in [-0.3, -0.25) is 9.69 Å². The summed E-state index contributed by atoms with van der Waals surface area (Å²) in [4.78, 5) is 21.2. The van der Waals surface area contributed by atoms with E-state index in [4.69, 9.17) is 27.4 Å². The van der Waals surface area contributed by atoms with Gasteiger partial charge in [-0.2, -0.15) is 0 Å². The number of nitrogens with zero attached hydrogens (tertiary/aromatic N) is 3. The Kier molecular flexibility index (Phi) is 6.74. The lowest BCUT2D eigenvalue weighted by atomic mass is 10.2. The van der Waals surface area contributed by atoms with Crippen LogP contribution in [0.4, 0.5) is 21.6 Å². The van der Waals surface area contributed by atoms with Gasteiger partial charge in [-0.25, -0.2) is 14.4 Å². The van der Waals surface area contributed by atoms with Gasteiger partial charge >= 0.3 is 0 Å². The lowest BCUT2D eigenvalue weighted by Crippen LogP contribution is -2.39. The lowest BCUT2D eigenvalue weighted by molar-refractivity contribution is -0.115. The molecule has 0 spiro atoms. The number of hydrogen-bond donors (Lipinski definition) is 2. The Morgan fingerprint density at radius 1 is 1.03 bits per heavy atom. The van der Waals surface area contributed by atoms with E-state index in [1.807, 2.05) is 0 Å². The summed E-state index contributed by atoms with van der Waals surface area (Å²) in [5.74, 6) is 0.350. The highest BCUT2D eigenvalue weighted by Crippen LogP contribution is 2.35. The summed E-state index contributed by atoms with van der Waals surface area (Å²) >= 11 is 4.86. The van der Waals surface area contributed by atoms with E-state index < -0.39 is 11.7 Å². The molecule has 0 unspecified atom stereocenters. The fourth-order valence-corrected chi connectivity index (χ4v) is 3.73. The molecule has 178 valence electrons. The molecule has 2 aliphatic rings. The van der Waals surface area contributed by atoms with Crippen LogP contribution in [0.2, 0.25) is 0 Å². The van der Waals surface area contributed by atoms with Crippen LogP contribution in [-0.4, -0.2) is 35.2 Å². The molecule has 8 nitrogen and oxygen atoms in total. The van der Waals surface area contributed by atoms with Crippen molar-refractivity contribution < 1.29 is 18.7 Å². The summed E-state index contributed by atoms with van der Waals surface area (Å²) in [6.07, 6.45) is 1.35. The number of benzene rings is 3. The largest absolute Gasteiger partial charge is 0.493 e. The Hall–Kier alpha value is -4.31. The zero-order chi connectivity index (χ0) is 25.1. The van der Waals surface area contributed by atoms with Gasteiger partial charge in [0.25, 0.3) is 0 Å². The zero-order valence-corrected chi connectivity index (χ0v) is 20.0. The van der Waals surface area contributed by atoms with E-state index in [1.54, 1.807) is 12.1 Å². The Morgan fingerprint density at radius 2 is 1.71 bits per heavy atom. The molecule has 0 bridgehead atoms. The first-order valence-corrected chi connectivity index (χ1v) is 10.9. The monoisotopic (exact) mass is 491 g/mol. The van der Waals surface area contributed by atoms with Gasteiger partial charge in [-0.15, -0.1) is 0 Å². The minimum Gasteiger partial charge on any atom is -0.493 e. The predicted octanol–water partition coefficient (Wildman–Crippen LogP) is 4.79. The number of methoxy groups -OCH3 is 2. The number of thiocarbonyl (C=S) groups is 1. The molecule has 0 fully saturated rings. The van der Waals surface area contributed by atoms with Crippen molar-refractivity contribution in [2.24, 2.45) is 5.73 Å². The van der Waals surface area contributed by atoms with Crippen LogP contribution in [0.15, 0.2) is 60.9 Å². The van der Waals surface area contributed by atoms with Gasteiger partial charge in [0.2, 0.25) is 5.91 Å². The van der Waals surface area contributed by atoms with Crippen LogP contribution in [0.25, 0.3) is 22.0 Å². The lowest BCUT2D eigenvalue weighted by Gasteiger charge is -2.19. The molecule has 1 heterocycles. The third-order valence-corrected chi connectivity index (χ3v) is 5.44. The van der Waals surface area contributed by atoms with E-state index in [-0.39, 0.29) is 16.5 Å². The first-order valence-electron chi connectivity index (χ1n) is 10.5. The summed E-state index contributed by atoms with van der Waals surface area (Å²) in [5.41, 5.74) is 9.37. The van der Waals surface area contributed by atoms with Crippen molar-refractivity contribution in [1.29, 1.82) is 0 Å². The molecule has 5 rings (SSSR count). The number of carbonyl (C=O) groups is 1. The van der Waals surface area contributed by atoms with Crippen LogP contribution in [-0.2, 0) is 4.79 Å². The first-order chi connectivity index (χ1) is 16.8. The highest BCUT2D eigenvalue weighted by atomic mass is 32.1. The maximum Gasteiger partial charge on any atom is 0.230 e. The van der Waals surface area contributed by atoms with Crippen molar-refractivity contribution in [2.45, 2.75) is 6.92 Å². The maximum absolute atomic E-state index is 14.7. The van der Waals surface area contributed by atoms with Crippen molar-refractivity contribution >= 4 is 51.3 Å². The Labute approximate surface area is 206 Å². The number of carbonyl (C=O) groups excluding carboxylic acids is 1. The Bertz CT molecular complexity index is 1420. The van der Waals surface area contributed by atoms with Crippen LogP contribution >= 0.6 is 12.2 Å². The molecule has 0 saturated heterocycles. The van der Waals surface area contributed by atoms with E-state index >= 15 is 0 Å². The number of nitrogens with one attached hydrogen (secondary N) is 1. The average molecular weight is 492 g/mol. The van der Waals surface area contributed by atoms with E-state index in [0.29, 0.717) is 28.2 Å². The SMILES string of the molecule is COc1cc2ncnc(Nc3ccc(N(C(C)=O)C(N)=S)cc3F)c2cc1OC.c1cc2cc-2c1. The molecular weight excluding hydrogens is 469 g/mol. The highest BCUT2D eigenvalue weighted by Gasteiger charge is 2.17. The third kappa shape index (κ3) is 5.12.